The number of aryl methyl sites for hydroxylation is 1. The lowest BCUT2D eigenvalue weighted by atomic mass is 9.47. The molecule has 1 aromatic rings. The van der Waals surface area contributed by atoms with Gasteiger partial charge in [-0.25, -0.2) is 4.57 Å². The predicted octanol–water partition coefficient (Wildman–Crippen LogP) is 6.10. The summed E-state index contributed by atoms with van der Waals surface area (Å²) in [6.45, 7) is 7.65. The summed E-state index contributed by atoms with van der Waals surface area (Å²) in [6, 6.07) is 4.41. The lowest BCUT2D eigenvalue weighted by Crippen LogP contribution is -2.49. The number of allylic oxidation sites excluding steroid dienone is 3. The Morgan fingerprint density at radius 3 is 2.52 bits per heavy atom. The van der Waals surface area contributed by atoms with Crippen molar-refractivity contribution in [2.75, 3.05) is 0 Å². The highest BCUT2D eigenvalue weighted by Crippen LogP contribution is 2.66. The molecule has 0 aromatic carbocycles. The Kier molecular flexibility index (Phi) is 5.44. The molecule has 1 heterocycles. The number of hydrogen-bond acceptors (Lipinski definition) is 1. The molecular formula is C29H42NO+. The van der Waals surface area contributed by atoms with Crippen LogP contribution in [0.15, 0.2) is 42.3 Å². The van der Waals surface area contributed by atoms with Crippen molar-refractivity contribution in [2.45, 2.75) is 78.2 Å². The van der Waals surface area contributed by atoms with Crippen LogP contribution in [0.2, 0.25) is 0 Å². The molecule has 168 valence electrons. The van der Waals surface area contributed by atoms with Crippen LogP contribution < -0.4 is 4.57 Å². The van der Waals surface area contributed by atoms with Gasteiger partial charge in [-0.15, -0.1) is 0 Å². The number of aliphatic hydroxyl groups excluding tert-OH is 1. The number of hydrogen-bond donors (Lipinski definition) is 1. The van der Waals surface area contributed by atoms with Crippen LogP contribution in [0.1, 0.15) is 77.7 Å². The van der Waals surface area contributed by atoms with Gasteiger partial charge in [-0.1, -0.05) is 44.6 Å². The minimum absolute atomic E-state index is 0.0579. The highest BCUT2D eigenvalue weighted by atomic mass is 16.3. The van der Waals surface area contributed by atoms with Crippen molar-refractivity contribution in [2.24, 2.45) is 47.5 Å². The van der Waals surface area contributed by atoms with E-state index in [9.17, 15) is 5.11 Å². The molecule has 3 fully saturated rings. The van der Waals surface area contributed by atoms with Crippen molar-refractivity contribution in [1.82, 2.24) is 0 Å². The highest BCUT2D eigenvalue weighted by molar-refractivity contribution is 5.48. The summed E-state index contributed by atoms with van der Waals surface area (Å²) < 4.78 is 2.10. The van der Waals surface area contributed by atoms with Crippen LogP contribution in [0.4, 0.5) is 0 Å². The zero-order valence-corrected chi connectivity index (χ0v) is 20.1. The first kappa shape index (κ1) is 21.4. The third-order valence-corrected chi connectivity index (χ3v) is 10.4. The minimum atomic E-state index is -0.0579. The maximum absolute atomic E-state index is 10.3. The molecule has 0 unspecified atom stereocenters. The third kappa shape index (κ3) is 3.54. The van der Waals surface area contributed by atoms with Gasteiger partial charge in [0, 0.05) is 12.1 Å². The lowest BCUT2D eigenvalue weighted by Gasteiger charge is -2.57. The summed E-state index contributed by atoms with van der Waals surface area (Å²) >= 11 is 0. The van der Waals surface area contributed by atoms with E-state index in [-0.39, 0.29) is 6.10 Å². The maximum atomic E-state index is 10.3. The molecule has 31 heavy (non-hydrogen) atoms. The van der Waals surface area contributed by atoms with Gasteiger partial charge < -0.3 is 5.11 Å². The monoisotopic (exact) mass is 420 g/mol. The predicted molar refractivity (Wildman–Crippen MR) is 127 cm³/mol. The van der Waals surface area contributed by atoms with Gasteiger partial charge in [0.15, 0.2) is 12.4 Å². The number of rotatable bonds is 3. The van der Waals surface area contributed by atoms with Crippen molar-refractivity contribution in [1.29, 1.82) is 0 Å². The molecule has 5 rings (SSSR count). The van der Waals surface area contributed by atoms with E-state index in [1.807, 2.05) is 5.57 Å². The fourth-order valence-electron chi connectivity index (χ4n) is 8.41. The van der Waals surface area contributed by atoms with Crippen LogP contribution in [0.25, 0.3) is 6.08 Å². The van der Waals surface area contributed by atoms with Gasteiger partial charge in [0.05, 0.1) is 6.10 Å². The van der Waals surface area contributed by atoms with Crippen molar-refractivity contribution < 1.29 is 9.67 Å². The van der Waals surface area contributed by atoms with Gasteiger partial charge in [0.1, 0.15) is 7.05 Å². The van der Waals surface area contributed by atoms with Crippen LogP contribution in [0.5, 0.6) is 0 Å². The fraction of sp³-hybridized carbons (Fsp3) is 0.690. The normalized spacial score (nSPS) is 43.1. The summed E-state index contributed by atoms with van der Waals surface area (Å²) in [6.07, 6.45) is 21.7. The molecule has 0 aliphatic heterocycles. The molecule has 4 aliphatic carbocycles. The van der Waals surface area contributed by atoms with E-state index < -0.39 is 0 Å². The molecule has 1 N–H and O–H groups in total. The molecule has 2 heteroatoms. The minimum Gasteiger partial charge on any atom is -0.393 e. The van der Waals surface area contributed by atoms with Crippen LogP contribution in [0.3, 0.4) is 0 Å². The number of aliphatic hydroxyl groups is 1. The maximum Gasteiger partial charge on any atom is 0.169 e. The fourth-order valence-corrected chi connectivity index (χ4v) is 8.41. The Bertz CT molecular complexity index is 869. The second-order valence-corrected chi connectivity index (χ2v) is 11.9. The quantitative estimate of drug-likeness (QED) is 0.464. The van der Waals surface area contributed by atoms with E-state index in [1.165, 1.54) is 44.1 Å². The van der Waals surface area contributed by atoms with Crippen molar-refractivity contribution in [3.8, 4) is 0 Å². The van der Waals surface area contributed by atoms with E-state index in [4.69, 9.17) is 0 Å². The molecular weight excluding hydrogens is 378 g/mol. The second kappa shape index (κ2) is 7.87. The highest BCUT2D eigenvalue weighted by Gasteiger charge is 2.57. The van der Waals surface area contributed by atoms with Crippen molar-refractivity contribution >= 4 is 6.08 Å². The standard InChI is InChI=1S/C29H42NO/c1-20(5-6-21-13-17-30(4)18-14-21)25-9-10-26-24-8-7-22-19-23(31)11-15-28(22,2)27(24)12-16-29(25,26)3/h5-6,8,13-14,17-18,20,22-23,25-27,31H,7,9-12,15-16,19H2,1-4H3/q+1/t20-,22+,23+,25-,26+,27+,28+,29-/m1/s1. The molecule has 0 amide bonds. The van der Waals surface area contributed by atoms with E-state index in [2.05, 4.69) is 75.1 Å². The summed E-state index contributed by atoms with van der Waals surface area (Å²) in [4.78, 5) is 0. The molecule has 8 atom stereocenters. The summed E-state index contributed by atoms with van der Waals surface area (Å²) in [5.74, 6) is 3.66. The average molecular weight is 421 g/mol. The first-order valence-electron chi connectivity index (χ1n) is 12.8. The number of aromatic nitrogens is 1. The Hall–Kier alpha value is -1.41. The average Bonchev–Trinajstić information content (AvgIpc) is 3.11. The zero-order valence-electron chi connectivity index (χ0n) is 20.1. The molecule has 0 spiro atoms. The number of nitrogens with zero attached hydrogens (tertiary/aromatic N) is 1. The third-order valence-electron chi connectivity index (χ3n) is 10.4. The SMILES string of the molecule is C[C@H](C=Cc1cc[n+](C)cc1)[C@H]1CC[C@H]2C3=CC[C@H]4C[C@@H](O)CC[C@]4(C)[C@H]3CC[C@]12C. The first-order valence-corrected chi connectivity index (χ1v) is 12.8. The van der Waals surface area contributed by atoms with E-state index in [1.54, 1.807) is 0 Å². The Morgan fingerprint density at radius 1 is 1.03 bits per heavy atom. The van der Waals surface area contributed by atoms with Crippen LogP contribution >= 0.6 is 0 Å². The van der Waals surface area contributed by atoms with E-state index in [0.29, 0.717) is 22.7 Å². The smallest absolute Gasteiger partial charge is 0.169 e. The van der Waals surface area contributed by atoms with Gasteiger partial charge in [-0.2, -0.15) is 0 Å². The van der Waals surface area contributed by atoms with Gasteiger partial charge >= 0.3 is 0 Å². The summed E-state index contributed by atoms with van der Waals surface area (Å²) in [5, 5.41) is 10.3. The Balaban J connectivity index is 1.35. The van der Waals surface area contributed by atoms with Crippen LogP contribution in [0, 0.1) is 40.4 Å². The Morgan fingerprint density at radius 2 is 1.74 bits per heavy atom. The number of pyridine rings is 1. The topological polar surface area (TPSA) is 24.1 Å². The molecule has 4 aliphatic rings. The molecule has 2 nitrogen and oxygen atoms in total. The second-order valence-electron chi connectivity index (χ2n) is 11.9. The molecule has 1 aromatic heterocycles. The van der Waals surface area contributed by atoms with Gasteiger partial charge in [0.2, 0.25) is 0 Å². The first-order chi connectivity index (χ1) is 14.8. The molecule has 0 bridgehead atoms. The number of fused-ring (bicyclic) bond motifs is 5. The van der Waals surface area contributed by atoms with E-state index >= 15 is 0 Å². The van der Waals surface area contributed by atoms with Crippen LogP contribution in [-0.2, 0) is 7.05 Å². The Labute approximate surface area is 189 Å². The van der Waals surface area contributed by atoms with E-state index in [0.717, 1.165) is 30.6 Å². The zero-order chi connectivity index (χ0) is 21.8. The van der Waals surface area contributed by atoms with Gasteiger partial charge in [-0.05, 0) is 97.3 Å². The molecule has 0 radical (unpaired) electrons. The van der Waals surface area contributed by atoms with Gasteiger partial charge in [-0.3, -0.25) is 0 Å². The van der Waals surface area contributed by atoms with Crippen LogP contribution in [-0.4, -0.2) is 11.2 Å². The molecule has 0 saturated heterocycles. The van der Waals surface area contributed by atoms with Crippen molar-refractivity contribution in [3.63, 3.8) is 0 Å². The van der Waals surface area contributed by atoms with Gasteiger partial charge in [0.25, 0.3) is 0 Å². The summed E-state index contributed by atoms with van der Waals surface area (Å²) in [7, 11) is 2.07. The molecule has 3 saturated carbocycles. The summed E-state index contributed by atoms with van der Waals surface area (Å²) in [5.41, 5.74) is 4.02. The largest absolute Gasteiger partial charge is 0.393 e. The lowest BCUT2D eigenvalue weighted by molar-refractivity contribution is -0.671. The van der Waals surface area contributed by atoms with Crippen molar-refractivity contribution in [3.05, 3.63) is 47.8 Å².